The van der Waals surface area contributed by atoms with Crippen molar-refractivity contribution in [3.63, 3.8) is 0 Å². The molecule has 0 aromatic heterocycles. The zero-order valence-electron chi connectivity index (χ0n) is 12.8. The van der Waals surface area contributed by atoms with Crippen LogP contribution in [0.4, 0.5) is 0 Å². The van der Waals surface area contributed by atoms with Gasteiger partial charge < -0.3 is 9.47 Å². The van der Waals surface area contributed by atoms with Gasteiger partial charge in [-0.05, 0) is 19.9 Å². The van der Waals surface area contributed by atoms with Gasteiger partial charge in [-0.2, -0.15) is 0 Å². The maximum Gasteiger partial charge on any atom is 0.233 e. The maximum atomic E-state index is 11.2. The van der Waals surface area contributed by atoms with Gasteiger partial charge in [-0.25, -0.2) is 8.42 Å². The van der Waals surface area contributed by atoms with Crippen LogP contribution < -0.4 is 9.47 Å². The number of ether oxygens (including phenoxy) is 2. The Labute approximate surface area is 130 Å². The Morgan fingerprint density at radius 3 is 2.67 bits per heavy atom. The van der Waals surface area contributed by atoms with E-state index in [1.807, 2.05) is 32.0 Å². The van der Waals surface area contributed by atoms with Crippen LogP contribution in [0.5, 0.6) is 11.5 Å². The lowest BCUT2D eigenvalue weighted by molar-refractivity contribution is 0.127. The monoisotopic (exact) mass is 332 g/mol. The molecular weight excluding hydrogens is 312 g/mol. The summed E-state index contributed by atoms with van der Waals surface area (Å²) in [5.41, 5.74) is 0.300. The number of para-hydroxylation sites is 1. The maximum absolute atomic E-state index is 11.2. The van der Waals surface area contributed by atoms with Crippen LogP contribution in [0.15, 0.2) is 18.2 Å². The molecule has 0 amide bonds. The van der Waals surface area contributed by atoms with Gasteiger partial charge >= 0.3 is 0 Å². The van der Waals surface area contributed by atoms with Crippen molar-refractivity contribution < 1.29 is 17.9 Å². The third-order valence-electron chi connectivity index (χ3n) is 3.24. The van der Waals surface area contributed by atoms with Crippen LogP contribution in [0.25, 0.3) is 0 Å². The number of rotatable bonds is 5. The topological polar surface area (TPSA) is 52.6 Å². The lowest BCUT2D eigenvalue weighted by atomic mass is 9.98. The van der Waals surface area contributed by atoms with Gasteiger partial charge in [-0.15, -0.1) is 0 Å². The summed E-state index contributed by atoms with van der Waals surface area (Å²) in [5, 5.41) is 0. The van der Waals surface area contributed by atoms with Crippen molar-refractivity contribution >= 4 is 19.7 Å². The lowest BCUT2D eigenvalue weighted by Crippen LogP contribution is -2.28. The van der Waals surface area contributed by atoms with Crippen LogP contribution >= 0.6 is 10.7 Å². The molecule has 0 bridgehead atoms. The molecule has 0 spiro atoms. The van der Waals surface area contributed by atoms with Gasteiger partial charge in [0.1, 0.15) is 5.60 Å². The van der Waals surface area contributed by atoms with Crippen molar-refractivity contribution in [2.24, 2.45) is 5.41 Å². The zero-order chi connectivity index (χ0) is 15.9. The minimum absolute atomic E-state index is 0.136. The van der Waals surface area contributed by atoms with E-state index in [0.717, 1.165) is 17.7 Å². The van der Waals surface area contributed by atoms with Gasteiger partial charge in [-0.3, -0.25) is 0 Å². The molecule has 118 valence electrons. The third-order valence-corrected chi connectivity index (χ3v) is 4.69. The minimum atomic E-state index is -3.56. The average molecular weight is 333 g/mol. The van der Waals surface area contributed by atoms with Crippen molar-refractivity contribution in [1.82, 2.24) is 0 Å². The second-order valence-electron chi connectivity index (χ2n) is 6.92. The number of halogens is 1. The Kier molecular flexibility index (Phi) is 4.19. The fourth-order valence-corrected chi connectivity index (χ4v) is 4.39. The highest BCUT2D eigenvalue weighted by Gasteiger charge is 2.33. The standard InChI is InChI=1S/C15H21ClO4S/c1-14(2,10-21(16,17)18)9-19-12-7-5-6-11-8-15(3,4)20-13(11)12/h5-7H,8-10H2,1-4H3. The summed E-state index contributed by atoms with van der Waals surface area (Å²) in [6.07, 6.45) is 0.832. The Morgan fingerprint density at radius 2 is 2.05 bits per heavy atom. The summed E-state index contributed by atoms with van der Waals surface area (Å²) in [6.45, 7) is 7.92. The first-order valence-electron chi connectivity index (χ1n) is 6.84. The molecule has 1 aromatic carbocycles. The zero-order valence-corrected chi connectivity index (χ0v) is 14.3. The van der Waals surface area contributed by atoms with Gasteiger partial charge in [0.15, 0.2) is 11.5 Å². The molecule has 0 saturated carbocycles. The van der Waals surface area contributed by atoms with E-state index in [0.29, 0.717) is 5.75 Å². The Hall–Kier alpha value is -0.940. The SMILES string of the molecule is CC(C)(COc1cccc2c1OC(C)(C)C2)CS(=O)(=O)Cl. The summed E-state index contributed by atoms with van der Waals surface area (Å²) >= 11 is 0. The summed E-state index contributed by atoms with van der Waals surface area (Å²) in [7, 11) is 1.77. The van der Waals surface area contributed by atoms with Crippen LogP contribution in [-0.4, -0.2) is 26.4 Å². The molecule has 0 radical (unpaired) electrons. The highest BCUT2D eigenvalue weighted by molar-refractivity contribution is 8.13. The largest absolute Gasteiger partial charge is 0.489 e. The number of fused-ring (bicyclic) bond motifs is 1. The van der Waals surface area contributed by atoms with Crippen LogP contribution in [-0.2, 0) is 15.5 Å². The molecule has 0 N–H and O–H groups in total. The fraction of sp³-hybridized carbons (Fsp3) is 0.600. The van der Waals surface area contributed by atoms with Gasteiger partial charge in [0.25, 0.3) is 0 Å². The van der Waals surface area contributed by atoms with Crippen molar-refractivity contribution in [3.8, 4) is 11.5 Å². The molecule has 1 aliphatic rings. The molecule has 6 heteroatoms. The Morgan fingerprint density at radius 1 is 1.38 bits per heavy atom. The normalized spacial score (nSPS) is 17.2. The first-order valence-corrected chi connectivity index (χ1v) is 9.31. The molecule has 2 rings (SSSR count). The van der Waals surface area contributed by atoms with Crippen LogP contribution in [0.1, 0.15) is 33.3 Å². The molecule has 1 aliphatic heterocycles. The molecule has 1 heterocycles. The van der Waals surface area contributed by atoms with Crippen molar-refractivity contribution in [2.75, 3.05) is 12.4 Å². The molecule has 0 unspecified atom stereocenters. The van der Waals surface area contributed by atoms with E-state index in [9.17, 15) is 8.42 Å². The van der Waals surface area contributed by atoms with Crippen LogP contribution in [0.2, 0.25) is 0 Å². The van der Waals surface area contributed by atoms with Crippen molar-refractivity contribution in [3.05, 3.63) is 23.8 Å². The fourth-order valence-electron chi connectivity index (χ4n) is 2.48. The third kappa shape index (κ3) is 4.51. The predicted molar refractivity (Wildman–Crippen MR) is 83.8 cm³/mol. The molecule has 0 saturated heterocycles. The summed E-state index contributed by atoms with van der Waals surface area (Å²) in [6, 6.07) is 5.78. The predicted octanol–water partition coefficient (Wildman–Crippen LogP) is 3.37. The molecule has 1 aromatic rings. The van der Waals surface area contributed by atoms with Crippen LogP contribution in [0, 0.1) is 5.41 Å². The molecule has 0 fully saturated rings. The number of benzene rings is 1. The summed E-state index contributed by atoms with van der Waals surface area (Å²) in [5.74, 6) is 1.27. The van der Waals surface area contributed by atoms with E-state index in [1.165, 1.54) is 0 Å². The molecule has 0 atom stereocenters. The van der Waals surface area contributed by atoms with E-state index in [4.69, 9.17) is 20.2 Å². The van der Waals surface area contributed by atoms with Gasteiger partial charge in [-0.1, -0.05) is 26.0 Å². The van der Waals surface area contributed by atoms with Gasteiger partial charge in [0.05, 0.1) is 12.4 Å². The molecule has 0 aliphatic carbocycles. The van der Waals surface area contributed by atoms with E-state index in [1.54, 1.807) is 13.8 Å². The summed E-state index contributed by atoms with van der Waals surface area (Å²) in [4.78, 5) is 0. The quantitative estimate of drug-likeness (QED) is 0.776. The highest BCUT2D eigenvalue weighted by atomic mass is 35.7. The summed E-state index contributed by atoms with van der Waals surface area (Å²) < 4.78 is 34.2. The van der Waals surface area contributed by atoms with E-state index >= 15 is 0 Å². The Bertz CT molecular complexity index is 635. The number of hydrogen-bond acceptors (Lipinski definition) is 4. The molecule has 4 nitrogen and oxygen atoms in total. The van der Waals surface area contributed by atoms with E-state index in [2.05, 4.69) is 0 Å². The lowest BCUT2D eigenvalue weighted by Gasteiger charge is -2.24. The second kappa shape index (κ2) is 5.36. The van der Waals surface area contributed by atoms with Gasteiger partial charge in [0, 0.05) is 28.1 Å². The molecular formula is C15H21ClO4S. The van der Waals surface area contributed by atoms with Gasteiger partial charge in [0.2, 0.25) is 9.05 Å². The first-order chi connectivity index (χ1) is 9.48. The minimum Gasteiger partial charge on any atom is -0.489 e. The van der Waals surface area contributed by atoms with E-state index < -0.39 is 14.5 Å². The smallest absolute Gasteiger partial charge is 0.233 e. The molecule has 21 heavy (non-hydrogen) atoms. The van der Waals surface area contributed by atoms with Crippen molar-refractivity contribution in [1.29, 1.82) is 0 Å². The van der Waals surface area contributed by atoms with Crippen LogP contribution in [0.3, 0.4) is 0 Å². The first kappa shape index (κ1) is 16.4. The number of hydrogen-bond donors (Lipinski definition) is 0. The van der Waals surface area contributed by atoms with Crippen molar-refractivity contribution in [2.45, 2.75) is 39.7 Å². The van der Waals surface area contributed by atoms with E-state index in [-0.39, 0.29) is 18.0 Å². The average Bonchev–Trinajstić information content (AvgIpc) is 2.57. The highest BCUT2D eigenvalue weighted by Crippen LogP contribution is 2.42. The Balaban J connectivity index is 2.11. The second-order valence-corrected chi connectivity index (χ2v) is 9.70.